The second kappa shape index (κ2) is 6.64. The Bertz CT molecular complexity index is 789. The minimum atomic E-state index is -0.353. The van der Waals surface area contributed by atoms with E-state index in [1.54, 1.807) is 29.2 Å². The molecule has 0 saturated carbocycles. The fraction of sp³-hybridized carbons (Fsp3) is 0.111. The van der Waals surface area contributed by atoms with Gasteiger partial charge in [0.1, 0.15) is 10.1 Å². The first-order valence-corrected chi connectivity index (χ1v) is 8.37. The summed E-state index contributed by atoms with van der Waals surface area (Å²) in [4.78, 5) is 14.7. The van der Waals surface area contributed by atoms with E-state index < -0.39 is 0 Å². The predicted molar refractivity (Wildman–Crippen MR) is 96.3 cm³/mol. The summed E-state index contributed by atoms with van der Waals surface area (Å²) in [5.74, 6) is -0.534. The molecule has 1 fully saturated rings. The average Bonchev–Trinajstić information content (AvgIpc) is 2.84. The highest BCUT2D eigenvalue weighted by Crippen LogP contribution is 2.38. The molecule has 2 aromatic carbocycles. The van der Waals surface area contributed by atoms with Crippen LogP contribution in [0.2, 0.25) is 0 Å². The van der Waals surface area contributed by atoms with Crippen molar-refractivity contribution in [3.8, 4) is 0 Å². The van der Waals surface area contributed by atoms with E-state index in [4.69, 9.17) is 12.2 Å². The normalized spacial score (nSPS) is 17.8. The Labute approximate surface area is 144 Å². The van der Waals surface area contributed by atoms with Crippen molar-refractivity contribution >= 4 is 40.3 Å². The van der Waals surface area contributed by atoms with Crippen LogP contribution >= 0.6 is 24.0 Å². The number of nitrogens with zero attached hydrogens (tertiary/aromatic N) is 1. The van der Waals surface area contributed by atoms with Gasteiger partial charge in [-0.15, -0.1) is 0 Å². The first kappa shape index (κ1) is 15.9. The van der Waals surface area contributed by atoms with Crippen molar-refractivity contribution in [2.45, 2.75) is 13.0 Å². The van der Waals surface area contributed by atoms with E-state index in [1.165, 1.54) is 17.8 Å². The third-order valence-corrected chi connectivity index (χ3v) is 5.02. The summed E-state index contributed by atoms with van der Waals surface area (Å²) in [7, 11) is 0. The summed E-state index contributed by atoms with van der Waals surface area (Å²) >= 11 is 6.56. The van der Waals surface area contributed by atoms with Gasteiger partial charge in [0.05, 0.1) is 10.9 Å². The molecule has 0 radical (unpaired) electrons. The number of benzene rings is 2. The third-order valence-electron chi connectivity index (χ3n) is 3.68. The SMILES string of the molecule is C[C@H](c1ccccc1)N1C(=O)/C(=C/c2ccccc2F)SC1=S. The van der Waals surface area contributed by atoms with Crippen LogP contribution in [0, 0.1) is 5.82 Å². The number of amides is 1. The van der Waals surface area contributed by atoms with Gasteiger partial charge in [-0.3, -0.25) is 9.69 Å². The highest BCUT2D eigenvalue weighted by Gasteiger charge is 2.35. The molecule has 1 amide bonds. The quantitative estimate of drug-likeness (QED) is 0.590. The molecule has 0 bridgehead atoms. The van der Waals surface area contributed by atoms with Gasteiger partial charge in [-0.1, -0.05) is 72.5 Å². The van der Waals surface area contributed by atoms with Gasteiger partial charge in [-0.2, -0.15) is 0 Å². The molecule has 3 rings (SSSR count). The van der Waals surface area contributed by atoms with Crippen molar-refractivity contribution in [3.05, 3.63) is 76.4 Å². The molecule has 2 nitrogen and oxygen atoms in total. The van der Waals surface area contributed by atoms with Crippen LogP contribution in [0.4, 0.5) is 4.39 Å². The highest BCUT2D eigenvalue weighted by atomic mass is 32.2. The predicted octanol–water partition coefficient (Wildman–Crippen LogP) is 4.79. The van der Waals surface area contributed by atoms with Crippen molar-refractivity contribution in [2.75, 3.05) is 0 Å². The van der Waals surface area contributed by atoms with Gasteiger partial charge in [0, 0.05) is 5.56 Å². The summed E-state index contributed by atoms with van der Waals surface area (Å²) < 4.78 is 14.3. The van der Waals surface area contributed by atoms with Crippen LogP contribution in [0.15, 0.2) is 59.5 Å². The molecule has 1 saturated heterocycles. The summed E-state index contributed by atoms with van der Waals surface area (Å²) in [5.41, 5.74) is 1.40. The Morgan fingerprint density at radius 3 is 2.48 bits per heavy atom. The molecule has 1 heterocycles. The minimum absolute atomic E-state index is 0.157. The molecule has 116 valence electrons. The Balaban J connectivity index is 1.90. The van der Waals surface area contributed by atoms with Gasteiger partial charge in [0.2, 0.25) is 0 Å². The first-order valence-electron chi connectivity index (χ1n) is 7.14. The number of rotatable bonds is 3. The summed E-state index contributed by atoms with van der Waals surface area (Å²) in [6.07, 6.45) is 1.56. The number of thioether (sulfide) groups is 1. The van der Waals surface area contributed by atoms with Gasteiger partial charge in [-0.05, 0) is 24.6 Å². The second-order valence-corrected chi connectivity index (χ2v) is 6.84. The zero-order valence-corrected chi connectivity index (χ0v) is 14.0. The fourth-order valence-corrected chi connectivity index (χ4v) is 3.84. The highest BCUT2D eigenvalue weighted by molar-refractivity contribution is 8.26. The largest absolute Gasteiger partial charge is 0.286 e. The molecule has 0 spiro atoms. The van der Waals surface area contributed by atoms with Gasteiger partial charge < -0.3 is 0 Å². The fourth-order valence-electron chi connectivity index (χ4n) is 2.43. The summed E-state index contributed by atoms with van der Waals surface area (Å²) in [5, 5.41) is 0. The number of halogens is 1. The van der Waals surface area contributed by atoms with Crippen molar-refractivity contribution in [1.29, 1.82) is 0 Å². The van der Waals surface area contributed by atoms with E-state index in [2.05, 4.69) is 0 Å². The van der Waals surface area contributed by atoms with Crippen LogP contribution in [-0.2, 0) is 4.79 Å². The topological polar surface area (TPSA) is 20.3 Å². The molecule has 0 aromatic heterocycles. The summed E-state index contributed by atoms with van der Waals surface area (Å²) in [6.45, 7) is 1.94. The van der Waals surface area contributed by atoms with E-state index in [-0.39, 0.29) is 17.8 Å². The maximum absolute atomic E-state index is 13.8. The van der Waals surface area contributed by atoms with E-state index in [9.17, 15) is 9.18 Å². The van der Waals surface area contributed by atoms with Crippen molar-refractivity contribution in [2.24, 2.45) is 0 Å². The number of carbonyl (C=O) groups excluding carboxylic acids is 1. The lowest BCUT2D eigenvalue weighted by atomic mass is 10.1. The van der Waals surface area contributed by atoms with Crippen molar-refractivity contribution in [3.63, 3.8) is 0 Å². The zero-order chi connectivity index (χ0) is 16.4. The van der Waals surface area contributed by atoms with Gasteiger partial charge in [0.15, 0.2) is 0 Å². The smallest absolute Gasteiger partial charge is 0.266 e. The zero-order valence-electron chi connectivity index (χ0n) is 12.4. The maximum Gasteiger partial charge on any atom is 0.266 e. The maximum atomic E-state index is 13.8. The van der Waals surface area contributed by atoms with E-state index in [0.29, 0.717) is 14.8 Å². The molecular formula is C18H14FNOS2. The van der Waals surface area contributed by atoms with E-state index in [1.807, 2.05) is 37.3 Å². The minimum Gasteiger partial charge on any atom is -0.286 e. The lowest BCUT2D eigenvalue weighted by Gasteiger charge is -2.23. The van der Waals surface area contributed by atoms with Gasteiger partial charge in [-0.25, -0.2) is 4.39 Å². The Morgan fingerprint density at radius 2 is 1.78 bits per heavy atom. The van der Waals surface area contributed by atoms with Crippen LogP contribution in [0.3, 0.4) is 0 Å². The lowest BCUT2D eigenvalue weighted by molar-refractivity contribution is -0.123. The molecule has 2 aromatic rings. The first-order chi connectivity index (χ1) is 11.1. The molecule has 1 atom stereocenters. The van der Waals surface area contributed by atoms with Crippen LogP contribution in [0.5, 0.6) is 0 Å². The molecule has 1 aliphatic heterocycles. The Morgan fingerprint density at radius 1 is 1.13 bits per heavy atom. The van der Waals surface area contributed by atoms with Crippen molar-refractivity contribution in [1.82, 2.24) is 4.90 Å². The van der Waals surface area contributed by atoms with Crippen LogP contribution in [-0.4, -0.2) is 15.1 Å². The number of carbonyl (C=O) groups is 1. The van der Waals surface area contributed by atoms with Crippen molar-refractivity contribution < 1.29 is 9.18 Å². The van der Waals surface area contributed by atoms with E-state index >= 15 is 0 Å². The number of hydrogen-bond donors (Lipinski definition) is 0. The molecule has 0 aliphatic carbocycles. The average molecular weight is 343 g/mol. The lowest BCUT2D eigenvalue weighted by Crippen LogP contribution is -2.30. The standard InChI is InChI=1S/C18H14FNOS2/c1-12(13-7-3-2-4-8-13)20-17(21)16(23-18(20)22)11-14-9-5-6-10-15(14)19/h2-12H,1H3/b16-11-/t12-/m1/s1. The number of hydrogen-bond acceptors (Lipinski definition) is 3. The Hall–Kier alpha value is -1.98. The third kappa shape index (κ3) is 3.21. The summed E-state index contributed by atoms with van der Waals surface area (Å²) in [6, 6.07) is 15.9. The van der Waals surface area contributed by atoms with E-state index in [0.717, 1.165) is 5.56 Å². The molecule has 0 N–H and O–H groups in total. The van der Waals surface area contributed by atoms with Crippen LogP contribution < -0.4 is 0 Å². The van der Waals surface area contributed by atoms with Crippen LogP contribution in [0.1, 0.15) is 24.1 Å². The van der Waals surface area contributed by atoms with Gasteiger partial charge >= 0.3 is 0 Å². The monoisotopic (exact) mass is 343 g/mol. The molecule has 1 aliphatic rings. The molecular weight excluding hydrogens is 329 g/mol. The van der Waals surface area contributed by atoms with Crippen LogP contribution in [0.25, 0.3) is 6.08 Å². The Kier molecular flexibility index (Phi) is 4.59. The second-order valence-electron chi connectivity index (χ2n) is 5.16. The number of thiocarbonyl (C=S) groups is 1. The van der Waals surface area contributed by atoms with Gasteiger partial charge in [0.25, 0.3) is 5.91 Å². The molecule has 0 unspecified atom stereocenters. The molecule has 5 heteroatoms. The molecule has 23 heavy (non-hydrogen) atoms.